The number of fused-ring (bicyclic) bond motifs is 1. The fraction of sp³-hybridized carbons (Fsp3) is 0.385. The van der Waals surface area contributed by atoms with E-state index in [1.54, 1.807) is 13.4 Å². The number of aromatic nitrogens is 2. The van der Waals surface area contributed by atoms with Crippen LogP contribution in [0.15, 0.2) is 24.5 Å². The first-order chi connectivity index (χ1) is 8.61. The lowest BCUT2D eigenvalue weighted by atomic mass is 9.96. The van der Waals surface area contributed by atoms with Gasteiger partial charge in [0.15, 0.2) is 0 Å². The van der Waals surface area contributed by atoms with E-state index in [1.807, 2.05) is 29.8 Å². The maximum atomic E-state index is 10.9. The van der Waals surface area contributed by atoms with E-state index in [4.69, 9.17) is 9.84 Å². The topological polar surface area (TPSA) is 64.3 Å². The smallest absolute Gasteiger partial charge is 0.304 e. The van der Waals surface area contributed by atoms with Crippen molar-refractivity contribution in [1.29, 1.82) is 0 Å². The SMILES string of the molecule is COCC(CC(=O)O)c1ccc2c(c1)ncn2C. The first kappa shape index (κ1) is 12.6. The van der Waals surface area contributed by atoms with Crippen molar-refractivity contribution in [3.05, 3.63) is 30.1 Å². The second-order valence-corrected chi connectivity index (χ2v) is 4.35. The lowest BCUT2D eigenvalue weighted by Gasteiger charge is -2.14. The third-order valence-electron chi connectivity index (χ3n) is 3.01. The highest BCUT2D eigenvalue weighted by molar-refractivity contribution is 5.76. The Kier molecular flexibility index (Phi) is 3.62. The van der Waals surface area contributed by atoms with E-state index in [0.29, 0.717) is 6.61 Å². The largest absolute Gasteiger partial charge is 0.481 e. The van der Waals surface area contributed by atoms with Crippen molar-refractivity contribution in [3.8, 4) is 0 Å². The normalized spacial score (nSPS) is 12.8. The van der Waals surface area contributed by atoms with Gasteiger partial charge in [-0.05, 0) is 17.7 Å². The molecule has 2 rings (SSSR count). The monoisotopic (exact) mass is 248 g/mol. The number of ether oxygens (including phenoxy) is 1. The molecule has 5 heteroatoms. The van der Waals surface area contributed by atoms with Crippen LogP contribution >= 0.6 is 0 Å². The number of hydrogen-bond acceptors (Lipinski definition) is 3. The number of benzene rings is 1. The number of nitrogens with zero attached hydrogens (tertiary/aromatic N) is 2. The first-order valence-corrected chi connectivity index (χ1v) is 5.73. The Balaban J connectivity index is 2.34. The summed E-state index contributed by atoms with van der Waals surface area (Å²) >= 11 is 0. The van der Waals surface area contributed by atoms with Crippen LogP contribution in [-0.2, 0) is 16.6 Å². The quantitative estimate of drug-likeness (QED) is 0.876. The van der Waals surface area contributed by atoms with Gasteiger partial charge < -0.3 is 14.4 Å². The number of aryl methyl sites for hydroxylation is 1. The minimum atomic E-state index is -0.821. The number of carbonyl (C=O) groups is 1. The summed E-state index contributed by atoms with van der Waals surface area (Å²) in [6.45, 7) is 0.393. The number of carboxylic acid groups (broad SMARTS) is 1. The highest BCUT2D eigenvalue weighted by atomic mass is 16.5. The Bertz CT molecular complexity index is 562. The molecule has 1 atom stereocenters. The van der Waals surface area contributed by atoms with Gasteiger partial charge in [0.2, 0.25) is 0 Å². The zero-order valence-corrected chi connectivity index (χ0v) is 10.5. The Hall–Kier alpha value is -1.88. The van der Waals surface area contributed by atoms with Gasteiger partial charge >= 0.3 is 5.97 Å². The standard InChI is InChI=1S/C13H16N2O3/c1-15-8-14-11-5-9(3-4-12(11)15)10(7-18-2)6-13(16)17/h3-5,8,10H,6-7H2,1-2H3,(H,16,17). The van der Waals surface area contributed by atoms with Crippen LogP contribution in [0.4, 0.5) is 0 Å². The Morgan fingerprint density at radius 2 is 2.33 bits per heavy atom. The second-order valence-electron chi connectivity index (χ2n) is 4.35. The van der Waals surface area contributed by atoms with E-state index in [2.05, 4.69) is 4.98 Å². The van der Waals surface area contributed by atoms with Crippen molar-refractivity contribution in [2.75, 3.05) is 13.7 Å². The molecule has 2 aromatic rings. The van der Waals surface area contributed by atoms with Gasteiger partial charge in [-0.2, -0.15) is 0 Å². The molecule has 0 amide bonds. The van der Waals surface area contributed by atoms with E-state index >= 15 is 0 Å². The molecule has 0 fully saturated rings. The molecule has 96 valence electrons. The molecule has 1 N–H and O–H groups in total. The summed E-state index contributed by atoms with van der Waals surface area (Å²) in [6.07, 6.45) is 1.81. The van der Waals surface area contributed by atoms with Gasteiger partial charge in [0, 0.05) is 20.1 Å². The lowest BCUT2D eigenvalue weighted by molar-refractivity contribution is -0.137. The molecule has 1 heterocycles. The fourth-order valence-electron chi connectivity index (χ4n) is 2.09. The van der Waals surface area contributed by atoms with Crippen molar-refractivity contribution >= 4 is 17.0 Å². The van der Waals surface area contributed by atoms with Crippen LogP contribution in [0.3, 0.4) is 0 Å². The molecule has 1 aromatic heterocycles. The Morgan fingerprint density at radius 3 is 3.00 bits per heavy atom. The first-order valence-electron chi connectivity index (χ1n) is 5.73. The molecule has 0 aliphatic rings. The van der Waals surface area contributed by atoms with Crippen LogP contribution < -0.4 is 0 Å². The maximum Gasteiger partial charge on any atom is 0.304 e. The minimum absolute atomic E-state index is 0.0617. The summed E-state index contributed by atoms with van der Waals surface area (Å²) in [4.78, 5) is 15.1. The molecular weight excluding hydrogens is 232 g/mol. The number of imidazole rings is 1. The molecule has 0 aliphatic carbocycles. The van der Waals surface area contributed by atoms with Gasteiger partial charge in [-0.25, -0.2) is 4.98 Å². The molecule has 0 radical (unpaired) electrons. The van der Waals surface area contributed by atoms with Crippen molar-refractivity contribution in [3.63, 3.8) is 0 Å². The molecule has 0 bridgehead atoms. The summed E-state index contributed by atoms with van der Waals surface area (Å²) in [6, 6.07) is 5.83. The predicted octanol–water partition coefficient (Wildman–Crippen LogP) is 1.78. The van der Waals surface area contributed by atoms with Gasteiger partial charge in [0.25, 0.3) is 0 Å². The van der Waals surface area contributed by atoms with Gasteiger partial charge in [-0.15, -0.1) is 0 Å². The Labute approximate surface area is 105 Å². The third-order valence-corrected chi connectivity index (χ3v) is 3.01. The molecular formula is C13H16N2O3. The van der Waals surface area contributed by atoms with E-state index in [-0.39, 0.29) is 12.3 Å². The van der Waals surface area contributed by atoms with Crippen LogP contribution in [0.2, 0.25) is 0 Å². The summed E-state index contributed by atoms with van der Waals surface area (Å²) in [7, 11) is 3.51. The Morgan fingerprint density at radius 1 is 1.56 bits per heavy atom. The molecule has 0 saturated heterocycles. The zero-order chi connectivity index (χ0) is 13.1. The molecule has 18 heavy (non-hydrogen) atoms. The highest BCUT2D eigenvalue weighted by Gasteiger charge is 2.16. The van der Waals surface area contributed by atoms with Crippen LogP contribution in [0, 0.1) is 0 Å². The van der Waals surface area contributed by atoms with Crippen LogP contribution in [0.25, 0.3) is 11.0 Å². The average Bonchev–Trinajstić information content (AvgIpc) is 2.70. The molecule has 1 unspecified atom stereocenters. The number of aliphatic carboxylic acids is 1. The lowest BCUT2D eigenvalue weighted by Crippen LogP contribution is -2.11. The van der Waals surface area contributed by atoms with Crippen LogP contribution in [0.5, 0.6) is 0 Å². The van der Waals surface area contributed by atoms with Crippen molar-refractivity contribution in [1.82, 2.24) is 9.55 Å². The van der Waals surface area contributed by atoms with Crippen molar-refractivity contribution in [2.45, 2.75) is 12.3 Å². The van der Waals surface area contributed by atoms with Crippen molar-refractivity contribution in [2.24, 2.45) is 7.05 Å². The number of hydrogen-bond donors (Lipinski definition) is 1. The second kappa shape index (κ2) is 5.18. The maximum absolute atomic E-state index is 10.9. The zero-order valence-electron chi connectivity index (χ0n) is 10.5. The van der Waals surface area contributed by atoms with E-state index in [9.17, 15) is 4.79 Å². The summed E-state index contributed by atoms with van der Waals surface area (Å²) in [5.74, 6) is -0.961. The van der Waals surface area contributed by atoms with E-state index in [1.165, 1.54) is 0 Å². The van der Waals surface area contributed by atoms with Gasteiger partial charge in [-0.3, -0.25) is 4.79 Å². The molecule has 0 aliphatic heterocycles. The number of rotatable bonds is 5. The van der Waals surface area contributed by atoms with Crippen LogP contribution in [-0.4, -0.2) is 34.3 Å². The van der Waals surface area contributed by atoms with Crippen molar-refractivity contribution < 1.29 is 14.6 Å². The molecule has 1 aromatic carbocycles. The number of methoxy groups -OCH3 is 1. The van der Waals surface area contributed by atoms with Gasteiger partial charge in [0.1, 0.15) is 0 Å². The molecule has 0 saturated carbocycles. The van der Waals surface area contributed by atoms with Gasteiger partial charge in [-0.1, -0.05) is 6.07 Å². The third kappa shape index (κ3) is 2.51. The molecule has 0 spiro atoms. The van der Waals surface area contributed by atoms with E-state index in [0.717, 1.165) is 16.6 Å². The highest BCUT2D eigenvalue weighted by Crippen LogP contribution is 2.23. The summed E-state index contributed by atoms with van der Waals surface area (Å²) in [5, 5.41) is 8.91. The summed E-state index contributed by atoms with van der Waals surface area (Å²) < 4.78 is 7.02. The molecule has 5 nitrogen and oxygen atoms in total. The van der Waals surface area contributed by atoms with Gasteiger partial charge in [0.05, 0.1) is 30.4 Å². The predicted molar refractivity (Wildman–Crippen MR) is 67.6 cm³/mol. The van der Waals surface area contributed by atoms with E-state index < -0.39 is 5.97 Å². The number of carboxylic acids is 1. The minimum Gasteiger partial charge on any atom is -0.481 e. The van der Waals surface area contributed by atoms with Crippen LogP contribution in [0.1, 0.15) is 17.9 Å². The average molecular weight is 248 g/mol. The summed E-state index contributed by atoms with van der Waals surface area (Å²) in [5.41, 5.74) is 2.86. The fourth-order valence-corrected chi connectivity index (χ4v) is 2.09.